The average molecular weight is 290 g/mol. The fourth-order valence-corrected chi connectivity index (χ4v) is 2.60. The summed E-state index contributed by atoms with van der Waals surface area (Å²) in [4.78, 5) is 21.4. The minimum Gasteiger partial charge on any atom is -0.462 e. The van der Waals surface area contributed by atoms with Crippen LogP contribution in [-0.4, -0.2) is 48.2 Å². The lowest BCUT2D eigenvalue weighted by Crippen LogP contribution is -2.05. The van der Waals surface area contributed by atoms with E-state index in [1.54, 1.807) is 23.5 Å². The highest BCUT2D eigenvalue weighted by Gasteiger charge is 1.97. The molecule has 0 aliphatic heterocycles. The van der Waals surface area contributed by atoms with Crippen LogP contribution in [0.4, 0.5) is 0 Å². The molecule has 0 saturated heterocycles. The van der Waals surface area contributed by atoms with E-state index in [9.17, 15) is 9.59 Å². The van der Waals surface area contributed by atoms with Crippen molar-refractivity contribution in [2.45, 2.75) is 0 Å². The maximum absolute atomic E-state index is 10.7. The highest BCUT2D eigenvalue weighted by Crippen LogP contribution is 2.06. The lowest BCUT2D eigenvalue weighted by atomic mass is 10.6. The summed E-state index contributed by atoms with van der Waals surface area (Å²) >= 11 is 3.44. The van der Waals surface area contributed by atoms with Crippen LogP contribution in [0.2, 0.25) is 0 Å². The Morgan fingerprint density at radius 2 is 1.22 bits per heavy atom. The average Bonchev–Trinajstić information content (AvgIpc) is 2.40. The largest absolute Gasteiger partial charge is 0.462 e. The Balaban J connectivity index is 3.12. The first-order valence-corrected chi connectivity index (χ1v) is 7.75. The van der Waals surface area contributed by atoms with E-state index in [4.69, 9.17) is 9.47 Å². The maximum Gasteiger partial charge on any atom is 0.330 e. The van der Waals surface area contributed by atoms with E-state index >= 15 is 0 Å². The summed E-state index contributed by atoms with van der Waals surface area (Å²) in [6.45, 7) is 7.45. The minimum absolute atomic E-state index is 0.381. The van der Waals surface area contributed by atoms with Crippen molar-refractivity contribution in [3.63, 3.8) is 0 Å². The third-order valence-electron chi connectivity index (χ3n) is 1.65. The summed E-state index contributed by atoms with van der Waals surface area (Å²) < 4.78 is 9.65. The van der Waals surface area contributed by atoms with Gasteiger partial charge >= 0.3 is 11.9 Å². The van der Waals surface area contributed by atoms with E-state index in [-0.39, 0.29) is 11.9 Å². The highest BCUT2D eigenvalue weighted by molar-refractivity contribution is 8.02. The monoisotopic (exact) mass is 290 g/mol. The van der Waals surface area contributed by atoms with E-state index in [0.29, 0.717) is 13.2 Å². The Kier molecular flexibility index (Phi) is 12.0. The van der Waals surface area contributed by atoms with Crippen molar-refractivity contribution in [1.82, 2.24) is 0 Å². The zero-order valence-corrected chi connectivity index (χ0v) is 11.9. The number of carbonyl (C=O) groups excluding carboxylic acids is 2. The predicted molar refractivity (Wildman–Crippen MR) is 77.0 cm³/mol. The molecule has 0 aliphatic carbocycles. The van der Waals surface area contributed by atoms with Gasteiger partial charge in [-0.3, -0.25) is 0 Å². The van der Waals surface area contributed by atoms with E-state index in [1.165, 1.54) is 0 Å². The summed E-state index contributed by atoms with van der Waals surface area (Å²) in [6.07, 6.45) is 2.32. The lowest BCUT2D eigenvalue weighted by molar-refractivity contribution is -0.138. The van der Waals surface area contributed by atoms with E-state index < -0.39 is 0 Å². The molecule has 0 aromatic carbocycles. The van der Waals surface area contributed by atoms with Crippen molar-refractivity contribution < 1.29 is 19.1 Å². The topological polar surface area (TPSA) is 52.6 Å². The van der Waals surface area contributed by atoms with E-state index in [2.05, 4.69) is 13.2 Å². The molecule has 0 aromatic heterocycles. The summed E-state index contributed by atoms with van der Waals surface area (Å²) in [7, 11) is 0. The molecule has 0 aromatic rings. The Labute approximate surface area is 116 Å². The second kappa shape index (κ2) is 12.6. The van der Waals surface area contributed by atoms with Crippen molar-refractivity contribution in [3.8, 4) is 0 Å². The molecule has 4 nitrogen and oxygen atoms in total. The van der Waals surface area contributed by atoms with Crippen LogP contribution in [0.15, 0.2) is 25.3 Å². The van der Waals surface area contributed by atoms with Crippen LogP contribution in [0.25, 0.3) is 0 Å². The molecule has 0 rings (SSSR count). The molecule has 0 N–H and O–H groups in total. The molecular formula is C12H18O4S2. The fraction of sp³-hybridized carbons (Fsp3) is 0.500. The van der Waals surface area contributed by atoms with Gasteiger partial charge in [-0.25, -0.2) is 9.59 Å². The summed E-state index contributed by atoms with van der Waals surface area (Å²) in [5.41, 5.74) is 0. The number of thioether (sulfide) groups is 2. The number of esters is 2. The van der Waals surface area contributed by atoms with Crippen LogP contribution in [0.1, 0.15) is 0 Å². The van der Waals surface area contributed by atoms with Gasteiger partial charge in [-0.05, 0) is 0 Å². The van der Waals surface area contributed by atoms with Gasteiger partial charge in [-0.15, -0.1) is 0 Å². The Morgan fingerprint density at radius 3 is 1.56 bits per heavy atom. The van der Waals surface area contributed by atoms with Crippen molar-refractivity contribution in [2.24, 2.45) is 0 Å². The Bertz CT molecular complexity index is 251. The number of ether oxygens (including phenoxy) is 2. The third-order valence-corrected chi connectivity index (χ3v) is 3.80. The van der Waals surface area contributed by atoms with Crippen LogP contribution in [0.3, 0.4) is 0 Å². The zero-order valence-electron chi connectivity index (χ0n) is 10.3. The third kappa shape index (κ3) is 11.6. The van der Waals surface area contributed by atoms with Gasteiger partial charge in [-0.1, -0.05) is 13.2 Å². The molecule has 0 aliphatic rings. The second-order valence-electron chi connectivity index (χ2n) is 2.97. The Morgan fingerprint density at radius 1 is 0.833 bits per heavy atom. The maximum atomic E-state index is 10.7. The molecular weight excluding hydrogens is 272 g/mol. The smallest absolute Gasteiger partial charge is 0.330 e. The molecule has 0 unspecified atom stereocenters. The number of hydrogen-bond donors (Lipinski definition) is 0. The molecule has 0 bridgehead atoms. The number of carbonyl (C=O) groups is 2. The summed E-state index contributed by atoms with van der Waals surface area (Å²) in [5, 5.41) is 0. The Hall–Kier alpha value is -0.880. The molecule has 18 heavy (non-hydrogen) atoms. The van der Waals surface area contributed by atoms with Gasteiger partial charge in [0.25, 0.3) is 0 Å². The highest BCUT2D eigenvalue weighted by atomic mass is 32.2. The predicted octanol–water partition coefficient (Wildman–Crippen LogP) is 1.91. The van der Waals surface area contributed by atoms with Crippen LogP contribution >= 0.6 is 23.5 Å². The molecule has 0 spiro atoms. The van der Waals surface area contributed by atoms with Gasteiger partial charge in [0, 0.05) is 35.2 Å². The number of rotatable bonds is 11. The molecule has 0 radical (unpaired) electrons. The van der Waals surface area contributed by atoms with Gasteiger partial charge in [0.2, 0.25) is 0 Å². The molecule has 102 valence electrons. The molecule has 0 saturated carbocycles. The fourth-order valence-electron chi connectivity index (χ4n) is 0.842. The minimum atomic E-state index is -0.381. The zero-order chi connectivity index (χ0) is 13.6. The quantitative estimate of drug-likeness (QED) is 0.329. The molecule has 6 heteroatoms. The lowest BCUT2D eigenvalue weighted by Gasteiger charge is -2.03. The second-order valence-corrected chi connectivity index (χ2v) is 5.42. The molecule has 0 heterocycles. The van der Waals surface area contributed by atoms with E-state index in [0.717, 1.165) is 35.2 Å². The van der Waals surface area contributed by atoms with Gasteiger partial charge in [-0.2, -0.15) is 23.5 Å². The van der Waals surface area contributed by atoms with Gasteiger partial charge < -0.3 is 9.47 Å². The van der Waals surface area contributed by atoms with Gasteiger partial charge in [0.15, 0.2) is 0 Å². The SMILES string of the molecule is C=CC(=O)OCCSCCSCCOC(=O)C=C. The standard InChI is InChI=1S/C12H18O4S2/c1-3-11(13)15-5-7-17-9-10-18-8-6-16-12(14)4-2/h3-4H,1-2,5-10H2. The first-order chi connectivity index (χ1) is 8.70. The van der Waals surface area contributed by atoms with Crippen molar-refractivity contribution in [3.05, 3.63) is 25.3 Å². The number of hydrogen-bond acceptors (Lipinski definition) is 6. The first kappa shape index (κ1) is 17.1. The van der Waals surface area contributed by atoms with Crippen LogP contribution in [0, 0.1) is 0 Å². The summed E-state index contributed by atoms with van der Waals surface area (Å²) in [6, 6.07) is 0. The van der Waals surface area contributed by atoms with Crippen molar-refractivity contribution >= 4 is 35.5 Å². The summed E-state index contributed by atoms with van der Waals surface area (Å²) in [5.74, 6) is 2.76. The van der Waals surface area contributed by atoms with Crippen LogP contribution in [-0.2, 0) is 19.1 Å². The molecule has 0 fully saturated rings. The normalized spacial score (nSPS) is 9.56. The van der Waals surface area contributed by atoms with Crippen molar-refractivity contribution in [1.29, 1.82) is 0 Å². The van der Waals surface area contributed by atoms with Crippen LogP contribution in [0.5, 0.6) is 0 Å². The van der Waals surface area contributed by atoms with Crippen LogP contribution < -0.4 is 0 Å². The van der Waals surface area contributed by atoms with Gasteiger partial charge in [0.1, 0.15) is 13.2 Å². The molecule has 0 atom stereocenters. The molecule has 0 amide bonds. The van der Waals surface area contributed by atoms with Crippen molar-refractivity contribution in [2.75, 3.05) is 36.2 Å². The van der Waals surface area contributed by atoms with Gasteiger partial charge in [0.05, 0.1) is 0 Å². The van der Waals surface area contributed by atoms with E-state index in [1.807, 2.05) is 0 Å². The first-order valence-electron chi connectivity index (χ1n) is 5.44.